The summed E-state index contributed by atoms with van der Waals surface area (Å²) in [6.45, 7) is 0. The Balaban J connectivity index is 1.18. The number of rotatable bonds is 6. The third-order valence-electron chi connectivity index (χ3n) is 14.3. The fraction of sp³-hybridized carbons (Fsp3) is 0. The molecule has 9 aromatic carbocycles. The molecule has 9 heteroatoms. The average Bonchev–Trinajstić information content (AvgIpc) is 3.87. The molecule has 0 N–H and O–H groups in total. The first kappa shape index (κ1) is 38.9. The first-order chi connectivity index (χ1) is 30.7. The van der Waals surface area contributed by atoms with Gasteiger partial charge in [0.15, 0.2) is 0 Å². The maximum atomic E-state index is 2.57. The average molecular weight is 796 g/mol. The predicted octanol–water partition coefficient (Wildman–Crippen LogP) is 2.36. The molecule has 0 radical (unpaired) electrons. The number of hydrogen-bond acceptors (Lipinski definition) is 0. The molecule has 11 aromatic rings. The van der Waals surface area contributed by atoms with Crippen LogP contribution in [0.2, 0.25) is 0 Å². The Morgan fingerprint density at radius 1 is 0.302 bits per heavy atom. The molecular formula is C54H43B7N2. The van der Waals surface area contributed by atoms with Gasteiger partial charge >= 0.3 is 0 Å². The van der Waals surface area contributed by atoms with E-state index in [1.54, 1.807) is 0 Å². The van der Waals surface area contributed by atoms with Crippen molar-refractivity contribution in [2.24, 2.45) is 0 Å². The van der Waals surface area contributed by atoms with Gasteiger partial charge in [0.1, 0.15) is 54.9 Å². The van der Waals surface area contributed by atoms with Crippen molar-refractivity contribution in [2.75, 3.05) is 0 Å². The Morgan fingerprint density at radius 2 is 0.810 bits per heavy atom. The van der Waals surface area contributed by atoms with Crippen LogP contribution in [0.5, 0.6) is 0 Å². The van der Waals surface area contributed by atoms with Gasteiger partial charge in [-0.15, -0.1) is 5.46 Å². The number of hydrogen-bond donors (Lipinski definition) is 0. The van der Waals surface area contributed by atoms with E-state index in [9.17, 15) is 0 Å². The fourth-order valence-corrected chi connectivity index (χ4v) is 10.6. The lowest BCUT2D eigenvalue weighted by atomic mass is 9.64. The van der Waals surface area contributed by atoms with Gasteiger partial charge in [-0.2, -0.15) is 0 Å². The molecule has 0 aliphatic rings. The van der Waals surface area contributed by atoms with E-state index in [2.05, 4.69) is 240 Å². The highest BCUT2D eigenvalue weighted by Crippen LogP contribution is 2.40. The molecular weight excluding hydrogens is 752 g/mol. The normalized spacial score (nSPS) is 11.6. The maximum absolute atomic E-state index is 2.57. The van der Waals surface area contributed by atoms with E-state index in [0.29, 0.717) is 0 Å². The van der Waals surface area contributed by atoms with Crippen molar-refractivity contribution in [3.05, 3.63) is 176 Å². The standard InChI is InChI=1S/C54H43B7N2/c55-46-43(47(56)51(60)53-44(46)45-48(57)49(58)50(59)52(61)54(45)62(53)36-24-20-32(21-25-36)30-12-4-1-5-13-30)35-23-27-41-39(28-35)38-26-22-34(31-14-6-2-7-15-31)29-42(38)63(41)40-19-11-10-18-37(40)33-16-8-3-9-17-33/h1-29H,55-61H2. The Hall–Kier alpha value is -6.97. The molecule has 2 aromatic heterocycles. The molecule has 2 heterocycles. The van der Waals surface area contributed by atoms with Gasteiger partial charge in [0, 0.05) is 38.4 Å². The third-order valence-corrected chi connectivity index (χ3v) is 14.3. The Morgan fingerprint density at radius 3 is 1.48 bits per heavy atom. The Kier molecular flexibility index (Phi) is 9.35. The third kappa shape index (κ3) is 6.04. The van der Waals surface area contributed by atoms with Crippen molar-refractivity contribution < 1.29 is 0 Å². The van der Waals surface area contributed by atoms with Crippen molar-refractivity contribution in [1.29, 1.82) is 0 Å². The molecule has 0 unspecified atom stereocenters. The van der Waals surface area contributed by atoms with Crippen LogP contribution in [0, 0.1) is 0 Å². The summed E-state index contributed by atoms with van der Waals surface area (Å²) in [5.74, 6) is 0. The highest BCUT2D eigenvalue weighted by atomic mass is 15.0. The summed E-state index contributed by atoms with van der Waals surface area (Å²) in [6, 6.07) is 64.5. The van der Waals surface area contributed by atoms with Gasteiger partial charge in [-0.3, -0.25) is 0 Å². The zero-order valence-corrected chi connectivity index (χ0v) is 37.1. The van der Waals surface area contributed by atoms with Gasteiger partial charge in [0.05, 0.1) is 16.7 Å². The molecule has 0 aliphatic carbocycles. The number of benzene rings is 9. The Bertz CT molecular complexity index is 3620. The van der Waals surface area contributed by atoms with Gasteiger partial charge in [0.25, 0.3) is 0 Å². The van der Waals surface area contributed by atoms with Crippen molar-refractivity contribution in [1.82, 2.24) is 9.13 Å². The van der Waals surface area contributed by atoms with Gasteiger partial charge < -0.3 is 9.13 Å². The van der Waals surface area contributed by atoms with Crippen LogP contribution in [0.4, 0.5) is 0 Å². The first-order valence-electron chi connectivity index (χ1n) is 22.2. The molecule has 290 valence electrons. The molecule has 11 rings (SSSR count). The van der Waals surface area contributed by atoms with Gasteiger partial charge in [0.2, 0.25) is 0 Å². The summed E-state index contributed by atoms with van der Waals surface area (Å²) >= 11 is 0. The predicted molar refractivity (Wildman–Crippen MR) is 294 cm³/mol. The number of para-hydroxylation sites is 1. The summed E-state index contributed by atoms with van der Waals surface area (Å²) in [4.78, 5) is 0. The number of aromatic nitrogens is 2. The number of nitrogens with zero attached hydrogens (tertiary/aromatic N) is 2. The molecule has 0 spiro atoms. The fourth-order valence-electron chi connectivity index (χ4n) is 10.6. The van der Waals surface area contributed by atoms with E-state index in [4.69, 9.17) is 0 Å². The van der Waals surface area contributed by atoms with Gasteiger partial charge in [-0.25, -0.2) is 0 Å². The van der Waals surface area contributed by atoms with Gasteiger partial charge in [-0.1, -0.05) is 172 Å². The second-order valence-corrected chi connectivity index (χ2v) is 17.5. The summed E-state index contributed by atoms with van der Waals surface area (Å²) in [7, 11) is 16.3. The molecule has 0 saturated heterocycles. The minimum absolute atomic E-state index is 1.17. The van der Waals surface area contributed by atoms with Crippen LogP contribution >= 0.6 is 0 Å². The molecule has 2 nitrogen and oxygen atoms in total. The molecule has 63 heavy (non-hydrogen) atoms. The van der Waals surface area contributed by atoms with Crippen molar-refractivity contribution >= 4 is 137 Å². The molecule has 0 saturated carbocycles. The van der Waals surface area contributed by atoms with E-state index in [-0.39, 0.29) is 0 Å². The zero-order valence-electron chi connectivity index (χ0n) is 37.1. The molecule has 0 fully saturated rings. The van der Waals surface area contributed by atoms with Crippen LogP contribution in [0.3, 0.4) is 0 Å². The van der Waals surface area contributed by atoms with Crippen molar-refractivity contribution in [3.8, 4) is 55.9 Å². The van der Waals surface area contributed by atoms with E-state index in [1.807, 2.05) is 0 Å². The Labute approximate surface area is 375 Å². The summed E-state index contributed by atoms with van der Waals surface area (Å²) in [5, 5.41) is 5.21. The highest BCUT2D eigenvalue weighted by molar-refractivity contribution is 6.69. The van der Waals surface area contributed by atoms with Crippen LogP contribution in [0.1, 0.15) is 0 Å². The lowest BCUT2D eigenvalue weighted by Gasteiger charge is -2.19. The van der Waals surface area contributed by atoms with Crippen LogP contribution in [-0.2, 0) is 0 Å². The van der Waals surface area contributed by atoms with Crippen LogP contribution in [0.15, 0.2) is 176 Å². The topological polar surface area (TPSA) is 9.86 Å². The van der Waals surface area contributed by atoms with Crippen molar-refractivity contribution in [2.45, 2.75) is 0 Å². The SMILES string of the molecule is Bc1c(B)c(B)c2c(c1B)c1c(B)c(-c3ccc4c(c3)c3ccc(-c5ccccc5)cc3n4-c3ccccc3-c3ccccc3)c(B)c(B)c1n2-c1ccc(-c2ccccc2)cc1. The zero-order chi connectivity index (χ0) is 43.1. The molecule has 0 atom stereocenters. The first-order valence-corrected chi connectivity index (χ1v) is 22.2. The van der Waals surface area contributed by atoms with Crippen LogP contribution in [0.25, 0.3) is 99.5 Å². The minimum atomic E-state index is 1.17. The minimum Gasteiger partial charge on any atom is -0.310 e. The summed E-state index contributed by atoms with van der Waals surface area (Å²) < 4.78 is 5.06. The van der Waals surface area contributed by atoms with Crippen LogP contribution < -0.4 is 38.2 Å². The smallest absolute Gasteiger partial charge is 0.141 e. The van der Waals surface area contributed by atoms with E-state index < -0.39 is 0 Å². The van der Waals surface area contributed by atoms with Crippen molar-refractivity contribution in [3.63, 3.8) is 0 Å². The van der Waals surface area contributed by atoms with E-state index in [0.717, 1.165) is 0 Å². The van der Waals surface area contributed by atoms with Gasteiger partial charge in [-0.05, 0) is 80.7 Å². The lowest BCUT2D eigenvalue weighted by molar-refractivity contribution is 1.18. The summed E-state index contributed by atoms with van der Waals surface area (Å²) in [6.07, 6.45) is 0. The van der Waals surface area contributed by atoms with E-state index >= 15 is 0 Å². The van der Waals surface area contributed by atoms with E-state index in [1.165, 1.54) is 138 Å². The monoisotopic (exact) mass is 796 g/mol. The molecule has 0 bridgehead atoms. The largest absolute Gasteiger partial charge is 0.310 e. The summed E-state index contributed by atoms with van der Waals surface area (Å²) in [5.41, 5.74) is 26.6. The molecule has 0 aliphatic heterocycles. The number of fused-ring (bicyclic) bond motifs is 6. The highest BCUT2D eigenvalue weighted by Gasteiger charge is 2.25. The lowest BCUT2D eigenvalue weighted by Crippen LogP contribution is -2.48. The second kappa shape index (κ2) is 15.1. The quantitative estimate of drug-likeness (QED) is 0.229. The maximum Gasteiger partial charge on any atom is 0.141 e. The second-order valence-electron chi connectivity index (χ2n) is 17.5. The molecule has 0 amide bonds. The van der Waals surface area contributed by atoms with Crippen LogP contribution in [-0.4, -0.2) is 64.1 Å².